The molecule has 0 aliphatic rings. The van der Waals surface area contributed by atoms with Gasteiger partial charge in [0.2, 0.25) is 0 Å². The predicted octanol–water partition coefficient (Wildman–Crippen LogP) is 3.95. The zero-order chi connectivity index (χ0) is 13.3. The molecule has 0 aliphatic heterocycles. The number of aliphatic hydroxyl groups excluding tert-OH is 1. The van der Waals surface area contributed by atoms with E-state index in [1.54, 1.807) is 0 Å². The SMILES string of the molecule is OC(c1ccc(Br)cc1F)c1c(F)cccc1F. The first-order valence-corrected chi connectivity index (χ1v) is 5.87. The Hall–Kier alpha value is -1.33. The summed E-state index contributed by atoms with van der Waals surface area (Å²) in [6, 6.07) is 7.09. The average Bonchev–Trinajstić information content (AvgIpc) is 2.28. The predicted molar refractivity (Wildman–Crippen MR) is 64.5 cm³/mol. The lowest BCUT2D eigenvalue weighted by molar-refractivity contribution is 0.204. The second kappa shape index (κ2) is 5.12. The second-order valence-electron chi connectivity index (χ2n) is 3.70. The maximum absolute atomic E-state index is 13.6. The molecule has 2 rings (SSSR count). The van der Waals surface area contributed by atoms with Gasteiger partial charge in [0.15, 0.2) is 0 Å². The van der Waals surface area contributed by atoms with Gasteiger partial charge >= 0.3 is 0 Å². The molecule has 1 atom stereocenters. The molecular weight excluding hydrogens is 309 g/mol. The van der Waals surface area contributed by atoms with Crippen molar-refractivity contribution in [1.29, 1.82) is 0 Å². The maximum Gasteiger partial charge on any atom is 0.132 e. The summed E-state index contributed by atoms with van der Waals surface area (Å²) in [5, 5.41) is 9.89. The van der Waals surface area contributed by atoms with Gasteiger partial charge in [-0.15, -0.1) is 0 Å². The Labute approximate surface area is 110 Å². The molecular formula is C13H8BrF3O. The molecule has 0 heterocycles. The summed E-state index contributed by atoms with van der Waals surface area (Å²) in [6.45, 7) is 0. The van der Waals surface area contributed by atoms with E-state index in [1.807, 2.05) is 0 Å². The smallest absolute Gasteiger partial charge is 0.132 e. The fraction of sp³-hybridized carbons (Fsp3) is 0.0769. The molecule has 5 heteroatoms. The lowest BCUT2D eigenvalue weighted by atomic mass is 10.00. The van der Waals surface area contributed by atoms with Crippen molar-refractivity contribution in [1.82, 2.24) is 0 Å². The molecule has 0 aliphatic carbocycles. The first-order valence-electron chi connectivity index (χ1n) is 5.07. The van der Waals surface area contributed by atoms with E-state index in [-0.39, 0.29) is 5.56 Å². The van der Waals surface area contributed by atoms with Crippen LogP contribution in [0.2, 0.25) is 0 Å². The van der Waals surface area contributed by atoms with Crippen LogP contribution >= 0.6 is 15.9 Å². The lowest BCUT2D eigenvalue weighted by Gasteiger charge is -2.14. The Balaban J connectivity index is 2.51. The van der Waals surface area contributed by atoms with Crippen molar-refractivity contribution in [2.45, 2.75) is 6.10 Å². The van der Waals surface area contributed by atoms with Crippen LogP contribution < -0.4 is 0 Å². The van der Waals surface area contributed by atoms with Gasteiger partial charge in [-0.3, -0.25) is 0 Å². The average molecular weight is 317 g/mol. The first kappa shape index (κ1) is 13.1. The number of hydrogen-bond acceptors (Lipinski definition) is 1. The van der Waals surface area contributed by atoms with Crippen LogP contribution in [0.5, 0.6) is 0 Å². The molecule has 1 N–H and O–H groups in total. The third-order valence-electron chi connectivity index (χ3n) is 2.53. The van der Waals surface area contributed by atoms with Crippen LogP contribution in [0, 0.1) is 17.5 Å². The summed E-state index contributed by atoms with van der Waals surface area (Å²) in [7, 11) is 0. The van der Waals surface area contributed by atoms with Crippen molar-refractivity contribution in [3.05, 3.63) is 69.4 Å². The summed E-state index contributed by atoms with van der Waals surface area (Å²) < 4.78 is 41.0. The van der Waals surface area contributed by atoms with Crippen LogP contribution in [-0.2, 0) is 0 Å². The van der Waals surface area contributed by atoms with Gasteiger partial charge in [-0.1, -0.05) is 28.1 Å². The Morgan fingerprint density at radius 3 is 2.11 bits per heavy atom. The summed E-state index contributed by atoms with van der Waals surface area (Å²) in [5.41, 5.74) is -0.735. The normalized spacial score (nSPS) is 12.5. The lowest BCUT2D eigenvalue weighted by Crippen LogP contribution is -2.07. The molecule has 18 heavy (non-hydrogen) atoms. The molecule has 0 fully saturated rings. The molecule has 94 valence electrons. The monoisotopic (exact) mass is 316 g/mol. The summed E-state index contributed by atoms with van der Waals surface area (Å²) >= 11 is 3.06. The van der Waals surface area contributed by atoms with E-state index in [9.17, 15) is 18.3 Å². The Morgan fingerprint density at radius 1 is 0.944 bits per heavy atom. The fourth-order valence-corrected chi connectivity index (χ4v) is 1.98. The summed E-state index contributed by atoms with van der Waals surface area (Å²) in [5.74, 6) is -2.56. The zero-order valence-corrected chi connectivity index (χ0v) is 10.6. The van der Waals surface area contributed by atoms with Gasteiger partial charge in [0.05, 0.1) is 5.56 Å². The Bertz CT molecular complexity index is 566. The Morgan fingerprint density at radius 2 is 1.56 bits per heavy atom. The third-order valence-corrected chi connectivity index (χ3v) is 3.02. The molecule has 0 spiro atoms. The van der Waals surface area contributed by atoms with E-state index < -0.39 is 29.1 Å². The third kappa shape index (κ3) is 2.42. The number of aliphatic hydroxyl groups is 1. The van der Waals surface area contributed by atoms with Crippen molar-refractivity contribution in [3.63, 3.8) is 0 Å². The molecule has 1 unspecified atom stereocenters. The quantitative estimate of drug-likeness (QED) is 0.889. The maximum atomic E-state index is 13.6. The van der Waals surface area contributed by atoms with Gasteiger partial charge in [-0.25, -0.2) is 13.2 Å². The highest BCUT2D eigenvalue weighted by Gasteiger charge is 2.22. The van der Waals surface area contributed by atoms with E-state index in [1.165, 1.54) is 18.2 Å². The number of halogens is 4. The first-order chi connectivity index (χ1) is 8.50. The Kier molecular flexibility index (Phi) is 3.73. The standard InChI is InChI=1S/C13H8BrF3O/c14-7-4-5-8(11(17)6-7)13(18)12-9(15)2-1-3-10(12)16/h1-6,13,18H. The van der Waals surface area contributed by atoms with Gasteiger partial charge in [-0.05, 0) is 24.3 Å². The molecule has 0 bridgehead atoms. The molecule has 0 radical (unpaired) electrons. The van der Waals surface area contributed by atoms with Gasteiger partial charge in [0.25, 0.3) is 0 Å². The molecule has 1 nitrogen and oxygen atoms in total. The zero-order valence-electron chi connectivity index (χ0n) is 9.00. The topological polar surface area (TPSA) is 20.2 Å². The fourth-order valence-electron chi connectivity index (χ4n) is 1.65. The van der Waals surface area contributed by atoms with Crippen molar-refractivity contribution >= 4 is 15.9 Å². The van der Waals surface area contributed by atoms with Gasteiger partial charge in [0, 0.05) is 10.0 Å². The van der Waals surface area contributed by atoms with Crippen LogP contribution in [0.3, 0.4) is 0 Å². The van der Waals surface area contributed by atoms with Gasteiger partial charge < -0.3 is 5.11 Å². The molecule has 0 saturated heterocycles. The number of benzene rings is 2. The highest BCUT2D eigenvalue weighted by molar-refractivity contribution is 9.10. The van der Waals surface area contributed by atoms with Crippen LogP contribution in [0.15, 0.2) is 40.9 Å². The molecule has 0 aromatic heterocycles. The largest absolute Gasteiger partial charge is 0.383 e. The van der Waals surface area contributed by atoms with Gasteiger partial charge in [-0.2, -0.15) is 0 Å². The minimum atomic E-state index is -1.68. The van der Waals surface area contributed by atoms with Crippen LogP contribution in [0.1, 0.15) is 17.2 Å². The summed E-state index contributed by atoms with van der Waals surface area (Å²) in [6.07, 6.45) is -1.68. The minimum Gasteiger partial charge on any atom is -0.383 e. The molecule has 0 saturated carbocycles. The van der Waals surface area contributed by atoms with E-state index in [2.05, 4.69) is 15.9 Å². The van der Waals surface area contributed by atoms with Crippen LogP contribution in [0.4, 0.5) is 13.2 Å². The van der Waals surface area contributed by atoms with E-state index >= 15 is 0 Å². The van der Waals surface area contributed by atoms with Gasteiger partial charge in [0.1, 0.15) is 23.6 Å². The number of rotatable bonds is 2. The van der Waals surface area contributed by atoms with Crippen molar-refractivity contribution in [2.24, 2.45) is 0 Å². The van der Waals surface area contributed by atoms with E-state index in [0.29, 0.717) is 4.47 Å². The second-order valence-corrected chi connectivity index (χ2v) is 4.62. The minimum absolute atomic E-state index is 0.179. The van der Waals surface area contributed by atoms with Crippen molar-refractivity contribution in [2.75, 3.05) is 0 Å². The molecule has 0 amide bonds. The van der Waals surface area contributed by atoms with Crippen molar-refractivity contribution < 1.29 is 18.3 Å². The number of hydrogen-bond donors (Lipinski definition) is 1. The molecule has 2 aromatic carbocycles. The highest BCUT2D eigenvalue weighted by Crippen LogP contribution is 2.29. The highest BCUT2D eigenvalue weighted by atomic mass is 79.9. The van der Waals surface area contributed by atoms with Crippen LogP contribution in [0.25, 0.3) is 0 Å². The van der Waals surface area contributed by atoms with E-state index in [0.717, 1.165) is 18.2 Å². The molecule has 2 aromatic rings. The summed E-state index contributed by atoms with van der Waals surface area (Å²) in [4.78, 5) is 0. The van der Waals surface area contributed by atoms with Crippen molar-refractivity contribution in [3.8, 4) is 0 Å². The van der Waals surface area contributed by atoms with Crippen LogP contribution in [-0.4, -0.2) is 5.11 Å². The van der Waals surface area contributed by atoms with E-state index in [4.69, 9.17) is 0 Å².